The monoisotopic (exact) mass is 354 g/mol. The second-order valence-corrected chi connectivity index (χ2v) is 6.21. The lowest BCUT2D eigenvalue weighted by atomic mass is 10.1. The maximum absolute atomic E-state index is 12.7. The van der Waals surface area contributed by atoms with E-state index < -0.39 is 0 Å². The van der Waals surface area contributed by atoms with Crippen LogP contribution in [0.1, 0.15) is 30.1 Å². The largest absolute Gasteiger partial charge is 0.366 e. The van der Waals surface area contributed by atoms with E-state index in [9.17, 15) is 14.9 Å². The van der Waals surface area contributed by atoms with Crippen molar-refractivity contribution in [2.24, 2.45) is 0 Å². The van der Waals surface area contributed by atoms with Gasteiger partial charge in [0.15, 0.2) is 0 Å². The van der Waals surface area contributed by atoms with E-state index in [1.54, 1.807) is 17.0 Å². The number of nitro benzene ring substituents is 1. The van der Waals surface area contributed by atoms with Gasteiger partial charge in [-0.25, -0.2) is 0 Å². The number of amides is 1. The van der Waals surface area contributed by atoms with Crippen LogP contribution in [0, 0.1) is 10.1 Å². The molecule has 24 heavy (non-hydrogen) atoms. The number of anilines is 1. The molecule has 0 unspecified atom stereocenters. The number of hydrogen-bond acceptors (Lipinski definition) is 5. The number of halogens is 1. The molecule has 0 saturated carbocycles. The topological polar surface area (TPSA) is 78.7 Å². The zero-order chi connectivity index (χ0) is 16.4. The molecule has 2 fully saturated rings. The summed E-state index contributed by atoms with van der Waals surface area (Å²) in [5.41, 5.74) is 1.05. The van der Waals surface area contributed by atoms with Crippen LogP contribution in [0.2, 0.25) is 0 Å². The van der Waals surface area contributed by atoms with Crippen molar-refractivity contribution in [3.05, 3.63) is 33.9 Å². The molecule has 0 spiro atoms. The molecular weight excluding hydrogens is 332 g/mol. The smallest absolute Gasteiger partial charge is 0.293 e. The quantitative estimate of drug-likeness (QED) is 0.664. The summed E-state index contributed by atoms with van der Waals surface area (Å²) >= 11 is 0. The Morgan fingerprint density at radius 1 is 1.29 bits per heavy atom. The second kappa shape index (κ2) is 7.81. The molecule has 3 rings (SSSR count). The third-order valence-electron chi connectivity index (χ3n) is 4.63. The van der Waals surface area contributed by atoms with E-state index in [0.717, 1.165) is 39.0 Å². The van der Waals surface area contributed by atoms with Crippen LogP contribution in [-0.4, -0.2) is 54.5 Å². The Labute approximate surface area is 147 Å². The molecule has 2 aliphatic rings. The van der Waals surface area contributed by atoms with Crippen molar-refractivity contribution in [2.75, 3.05) is 37.6 Å². The van der Waals surface area contributed by atoms with Crippen LogP contribution in [0.15, 0.2) is 18.2 Å². The van der Waals surface area contributed by atoms with Crippen molar-refractivity contribution in [1.29, 1.82) is 0 Å². The number of nitro groups is 1. The average molecular weight is 355 g/mol. The van der Waals surface area contributed by atoms with Gasteiger partial charge in [-0.1, -0.05) is 0 Å². The number of rotatable bonds is 3. The highest BCUT2D eigenvalue weighted by Crippen LogP contribution is 2.32. The summed E-state index contributed by atoms with van der Waals surface area (Å²) < 4.78 is 0. The second-order valence-electron chi connectivity index (χ2n) is 6.21. The van der Waals surface area contributed by atoms with Crippen molar-refractivity contribution >= 4 is 29.7 Å². The van der Waals surface area contributed by atoms with Crippen molar-refractivity contribution in [3.63, 3.8) is 0 Å². The summed E-state index contributed by atoms with van der Waals surface area (Å²) in [5, 5.41) is 14.7. The van der Waals surface area contributed by atoms with Crippen LogP contribution in [0.25, 0.3) is 0 Å². The third kappa shape index (κ3) is 3.62. The molecule has 132 valence electrons. The number of carbonyl (C=O) groups excluding carboxylic acids is 1. The number of benzene rings is 1. The fourth-order valence-corrected chi connectivity index (χ4v) is 3.34. The number of hydrogen-bond donors (Lipinski definition) is 1. The van der Waals surface area contributed by atoms with E-state index in [4.69, 9.17) is 0 Å². The third-order valence-corrected chi connectivity index (χ3v) is 4.63. The maximum Gasteiger partial charge on any atom is 0.293 e. The maximum atomic E-state index is 12.7. The molecule has 8 heteroatoms. The van der Waals surface area contributed by atoms with E-state index in [1.807, 2.05) is 11.8 Å². The first-order valence-corrected chi connectivity index (χ1v) is 8.13. The van der Waals surface area contributed by atoms with E-state index >= 15 is 0 Å². The Morgan fingerprint density at radius 3 is 2.62 bits per heavy atom. The van der Waals surface area contributed by atoms with Crippen molar-refractivity contribution < 1.29 is 9.72 Å². The van der Waals surface area contributed by atoms with Gasteiger partial charge in [0.05, 0.1) is 4.92 Å². The van der Waals surface area contributed by atoms with Gasteiger partial charge in [-0.05, 0) is 31.9 Å². The van der Waals surface area contributed by atoms with Crippen LogP contribution in [0.4, 0.5) is 11.4 Å². The van der Waals surface area contributed by atoms with Gasteiger partial charge in [-0.3, -0.25) is 14.9 Å². The van der Waals surface area contributed by atoms with E-state index in [1.165, 1.54) is 6.07 Å². The lowest BCUT2D eigenvalue weighted by molar-refractivity contribution is -0.384. The van der Waals surface area contributed by atoms with Gasteiger partial charge in [0.1, 0.15) is 5.69 Å². The van der Waals surface area contributed by atoms with Crippen LogP contribution < -0.4 is 10.2 Å². The van der Waals surface area contributed by atoms with Gasteiger partial charge in [-0.2, -0.15) is 0 Å². The van der Waals surface area contributed by atoms with Crippen molar-refractivity contribution in [3.8, 4) is 0 Å². The lowest BCUT2D eigenvalue weighted by Crippen LogP contribution is -2.52. The van der Waals surface area contributed by atoms with E-state index in [2.05, 4.69) is 5.32 Å². The molecule has 1 aromatic rings. The van der Waals surface area contributed by atoms with Crippen molar-refractivity contribution in [1.82, 2.24) is 10.2 Å². The Hall–Kier alpha value is -1.86. The number of carbonyl (C=O) groups is 1. The Kier molecular flexibility index (Phi) is 6.01. The summed E-state index contributed by atoms with van der Waals surface area (Å²) in [7, 11) is 0. The lowest BCUT2D eigenvalue weighted by Gasteiger charge is -2.34. The first-order chi connectivity index (χ1) is 11.1. The van der Waals surface area contributed by atoms with Gasteiger partial charge in [0.25, 0.3) is 11.6 Å². The van der Waals surface area contributed by atoms with Crippen LogP contribution >= 0.6 is 12.4 Å². The molecule has 7 nitrogen and oxygen atoms in total. The van der Waals surface area contributed by atoms with Crippen molar-refractivity contribution in [2.45, 2.75) is 25.8 Å². The minimum atomic E-state index is -0.383. The zero-order valence-corrected chi connectivity index (χ0v) is 14.6. The molecule has 2 saturated heterocycles. The predicted octanol–water partition coefficient (Wildman–Crippen LogP) is 2.05. The van der Waals surface area contributed by atoms with Gasteiger partial charge in [-0.15, -0.1) is 12.4 Å². The molecular formula is C16H23ClN4O3. The molecule has 0 radical (unpaired) electrons. The molecule has 2 aliphatic heterocycles. The van der Waals surface area contributed by atoms with Crippen LogP contribution in [0.5, 0.6) is 0 Å². The van der Waals surface area contributed by atoms with E-state index in [0.29, 0.717) is 17.8 Å². The van der Waals surface area contributed by atoms with Crippen LogP contribution in [-0.2, 0) is 0 Å². The molecule has 1 aromatic carbocycles. The fraction of sp³-hybridized carbons (Fsp3) is 0.562. The first kappa shape index (κ1) is 18.5. The SMILES string of the molecule is C[C@@H]1CNCCN1C(=O)c1ccc(N2CCCC2)c([N+](=O)[O-])c1.Cl. The van der Waals surface area contributed by atoms with Gasteiger partial charge < -0.3 is 15.1 Å². The Morgan fingerprint density at radius 2 is 2.00 bits per heavy atom. The molecule has 1 amide bonds. The summed E-state index contributed by atoms with van der Waals surface area (Å²) in [6.45, 7) is 5.79. The zero-order valence-electron chi connectivity index (χ0n) is 13.7. The Bertz CT molecular complexity index is 619. The number of nitrogens with one attached hydrogen (secondary N) is 1. The highest BCUT2D eigenvalue weighted by Gasteiger charge is 2.28. The number of nitrogens with zero attached hydrogens (tertiary/aromatic N) is 3. The summed E-state index contributed by atoms with van der Waals surface area (Å²) in [4.78, 5) is 27.5. The first-order valence-electron chi connectivity index (χ1n) is 8.13. The predicted molar refractivity (Wildman–Crippen MR) is 95.2 cm³/mol. The molecule has 2 heterocycles. The van der Waals surface area contributed by atoms with E-state index in [-0.39, 0.29) is 35.0 Å². The molecule has 1 N–H and O–H groups in total. The Balaban J connectivity index is 0.00000208. The highest BCUT2D eigenvalue weighted by molar-refractivity contribution is 5.96. The molecule has 0 bridgehead atoms. The van der Waals surface area contributed by atoms with Gasteiger partial charge >= 0.3 is 0 Å². The average Bonchev–Trinajstić information content (AvgIpc) is 3.08. The summed E-state index contributed by atoms with van der Waals surface area (Å²) in [6.07, 6.45) is 2.10. The molecule has 0 aromatic heterocycles. The summed E-state index contributed by atoms with van der Waals surface area (Å²) in [5.74, 6) is -0.130. The minimum absolute atomic E-state index is 0. The number of piperazine rings is 1. The molecule has 0 aliphatic carbocycles. The normalized spacial score (nSPS) is 20.6. The standard InChI is InChI=1S/C16H22N4O3.ClH/c1-12-11-17-6-9-19(12)16(21)13-4-5-14(15(10-13)20(22)23)18-7-2-3-8-18;/h4-5,10,12,17H,2-3,6-9,11H2,1H3;1H/t12-;/m1./s1. The van der Waals surface area contributed by atoms with Crippen LogP contribution in [0.3, 0.4) is 0 Å². The summed E-state index contributed by atoms with van der Waals surface area (Å²) in [6, 6.07) is 4.97. The van der Waals surface area contributed by atoms with Gasteiger partial charge in [0, 0.05) is 50.4 Å². The minimum Gasteiger partial charge on any atom is -0.366 e. The molecule has 1 atom stereocenters. The fourth-order valence-electron chi connectivity index (χ4n) is 3.34. The van der Waals surface area contributed by atoms with Gasteiger partial charge in [0.2, 0.25) is 0 Å². The highest BCUT2D eigenvalue weighted by atomic mass is 35.5.